The highest BCUT2D eigenvalue weighted by Crippen LogP contribution is 2.43. The van der Waals surface area contributed by atoms with Gasteiger partial charge in [0, 0.05) is 31.9 Å². The van der Waals surface area contributed by atoms with E-state index in [0.29, 0.717) is 5.92 Å². The van der Waals surface area contributed by atoms with Gasteiger partial charge >= 0.3 is 0 Å². The SMILES string of the molecule is CN(C)c1cc[nH+]cc1.O=C([O-])[C@@H]1O[C@@H]1C1CC1. The lowest BCUT2D eigenvalue weighted by Gasteiger charge is -2.08. The van der Waals surface area contributed by atoms with Crippen LogP contribution >= 0.6 is 0 Å². The first-order chi connectivity index (χ1) is 8.59. The van der Waals surface area contributed by atoms with E-state index in [4.69, 9.17) is 4.74 Å². The summed E-state index contributed by atoms with van der Waals surface area (Å²) in [5.74, 6) is -0.514. The van der Waals surface area contributed by atoms with Gasteiger partial charge in [-0.1, -0.05) is 0 Å². The Labute approximate surface area is 106 Å². The minimum Gasteiger partial charge on any atom is -0.547 e. The van der Waals surface area contributed by atoms with Crippen LogP contribution in [0.5, 0.6) is 0 Å². The number of aromatic amines is 1. The van der Waals surface area contributed by atoms with E-state index in [1.54, 1.807) is 0 Å². The molecule has 0 unspecified atom stereocenters. The number of carboxylic acid groups (broad SMARTS) is 1. The van der Waals surface area contributed by atoms with Crippen molar-refractivity contribution in [2.24, 2.45) is 5.92 Å². The fourth-order valence-corrected chi connectivity index (χ4v) is 1.77. The third kappa shape index (κ3) is 3.43. The molecular formula is C13H18N2O3. The molecular weight excluding hydrogens is 232 g/mol. The van der Waals surface area contributed by atoms with Crippen LogP contribution in [-0.2, 0) is 9.53 Å². The van der Waals surface area contributed by atoms with Gasteiger partial charge < -0.3 is 19.5 Å². The molecule has 98 valence electrons. The van der Waals surface area contributed by atoms with Gasteiger partial charge in [-0.3, -0.25) is 0 Å². The van der Waals surface area contributed by atoms with E-state index in [-0.39, 0.29) is 6.10 Å². The van der Waals surface area contributed by atoms with Crippen molar-refractivity contribution in [2.45, 2.75) is 25.0 Å². The number of nitrogens with zero attached hydrogens (tertiary/aromatic N) is 1. The lowest BCUT2D eigenvalue weighted by Crippen LogP contribution is -2.29. The number of hydrogen-bond acceptors (Lipinski definition) is 4. The van der Waals surface area contributed by atoms with Crippen LogP contribution in [0.25, 0.3) is 0 Å². The molecule has 18 heavy (non-hydrogen) atoms. The van der Waals surface area contributed by atoms with Gasteiger partial charge in [-0.2, -0.15) is 0 Å². The molecule has 1 aliphatic heterocycles. The molecule has 2 heterocycles. The molecule has 2 atom stereocenters. The molecule has 1 aromatic rings. The molecule has 1 saturated heterocycles. The summed E-state index contributed by atoms with van der Waals surface area (Å²) in [6.45, 7) is 0. The number of carbonyl (C=O) groups excluding carboxylic acids is 1. The number of nitrogens with one attached hydrogen (secondary N) is 1. The second-order valence-electron chi connectivity index (χ2n) is 4.83. The van der Waals surface area contributed by atoms with Crippen LogP contribution in [0.3, 0.4) is 0 Å². The molecule has 1 aliphatic carbocycles. The molecule has 2 aliphatic rings. The van der Waals surface area contributed by atoms with E-state index in [2.05, 4.69) is 9.88 Å². The Morgan fingerprint density at radius 3 is 2.33 bits per heavy atom. The molecule has 2 fully saturated rings. The van der Waals surface area contributed by atoms with Crippen LogP contribution in [0.1, 0.15) is 12.8 Å². The Hall–Kier alpha value is -1.62. The lowest BCUT2D eigenvalue weighted by atomic mass is 10.2. The quantitative estimate of drug-likeness (QED) is 0.677. The molecule has 3 rings (SSSR count). The largest absolute Gasteiger partial charge is 0.547 e. The van der Waals surface area contributed by atoms with Crippen molar-refractivity contribution in [1.29, 1.82) is 0 Å². The van der Waals surface area contributed by atoms with Gasteiger partial charge in [-0.05, 0) is 18.8 Å². The van der Waals surface area contributed by atoms with Gasteiger partial charge in [0.05, 0.1) is 12.1 Å². The maximum Gasteiger partial charge on any atom is 0.169 e. The standard InChI is InChI=1S/C7H10N2.C6H8O3/c1-9(2)7-3-5-8-6-4-7;7-6(8)5-4(9-5)3-1-2-3/h3-6H,1-2H3;3-5H,1-2H2,(H,7,8)/t;4-,5-/m.1/s1. The van der Waals surface area contributed by atoms with E-state index in [1.165, 1.54) is 5.69 Å². The highest BCUT2D eigenvalue weighted by atomic mass is 16.6. The molecule has 0 radical (unpaired) electrons. The van der Waals surface area contributed by atoms with Crippen molar-refractivity contribution in [3.05, 3.63) is 24.5 Å². The third-order valence-electron chi connectivity index (χ3n) is 3.06. The average molecular weight is 250 g/mol. The monoisotopic (exact) mass is 250 g/mol. The number of aromatic nitrogens is 1. The molecule has 1 saturated carbocycles. The third-order valence-corrected chi connectivity index (χ3v) is 3.06. The van der Waals surface area contributed by atoms with Gasteiger partial charge in [0.25, 0.3) is 0 Å². The predicted molar refractivity (Wildman–Crippen MR) is 63.7 cm³/mol. The molecule has 0 bridgehead atoms. The molecule has 0 spiro atoms. The fraction of sp³-hybridized carbons (Fsp3) is 0.538. The zero-order chi connectivity index (χ0) is 13.1. The molecule has 1 aromatic heterocycles. The van der Waals surface area contributed by atoms with Crippen molar-refractivity contribution in [3.63, 3.8) is 0 Å². The van der Waals surface area contributed by atoms with Crippen LogP contribution < -0.4 is 15.0 Å². The van der Waals surface area contributed by atoms with Gasteiger partial charge in [-0.15, -0.1) is 0 Å². The highest BCUT2D eigenvalue weighted by Gasteiger charge is 2.50. The van der Waals surface area contributed by atoms with E-state index >= 15 is 0 Å². The van der Waals surface area contributed by atoms with E-state index in [9.17, 15) is 9.90 Å². The Morgan fingerprint density at radius 1 is 1.39 bits per heavy atom. The number of anilines is 1. The maximum atomic E-state index is 10.1. The summed E-state index contributed by atoms with van der Waals surface area (Å²) in [6, 6.07) is 4.06. The second-order valence-corrected chi connectivity index (χ2v) is 4.83. The number of carboxylic acids is 1. The number of H-pyrrole nitrogens is 1. The molecule has 0 amide bonds. The summed E-state index contributed by atoms with van der Waals surface area (Å²) in [5, 5.41) is 10.1. The number of ether oxygens (including phenoxy) is 1. The van der Waals surface area contributed by atoms with Crippen LogP contribution in [0.4, 0.5) is 5.69 Å². The zero-order valence-electron chi connectivity index (χ0n) is 10.6. The van der Waals surface area contributed by atoms with Crippen molar-refractivity contribution in [3.8, 4) is 0 Å². The summed E-state index contributed by atoms with van der Waals surface area (Å²) in [6.07, 6.45) is 5.53. The van der Waals surface area contributed by atoms with Gasteiger partial charge in [-0.25, -0.2) is 4.98 Å². The summed E-state index contributed by atoms with van der Waals surface area (Å²) in [4.78, 5) is 15.1. The van der Waals surface area contributed by atoms with Crippen LogP contribution in [0.2, 0.25) is 0 Å². The number of rotatable bonds is 3. The fourth-order valence-electron chi connectivity index (χ4n) is 1.77. The molecule has 5 nitrogen and oxygen atoms in total. The summed E-state index contributed by atoms with van der Waals surface area (Å²) in [7, 11) is 4.05. The Bertz CT molecular complexity index is 404. The van der Waals surface area contributed by atoms with Crippen molar-refractivity contribution >= 4 is 11.7 Å². The van der Waals surface area contributed by atoms with Gasteiger partial charge in [0.15, 0.2) is 12.4 Å². The first-order valence-electron chi connectivity index (χ1n) is 6.09. The maximum absolute atomic E-state index is 10.1. The van der Waals surface area contributed by atoms with Gasteiger partial charge in [0.1, 0.15) is 6.10 Å². The Balaban J connectivity index is 0.000000134. The number of aliphatic carboxylic acids is 1. The normalized spacial score (nSPS) is 24.8. The zero-order valence-corrected chi connectivity index (χ0v) is 10.6. The second kappa shape index (κ2) is 5.35. The first-order valence-corrected chi connectivity index (χ1v) is 6.09. The molecule has 1 N–H and O–H groups in total. The summed E-state index contributed by atoms with van der Waals surface area (Å²) < 4.78 is 4.84. The molecule has 5 heteroatoms. The highest BCUT2D eigenvalue weighted by molar-refractivity contribution is 5.73. The Kier molecular flexibility index (Phi) is 3.81. The summed E-state index contributed by atoms with van der Waals surface area (Å²) in [5.41, 5.74) is 1.22. The number of pyridine rings is 1. The van der Waals surface area contributed by atoms with Crippen LogP contribution in [0, 0.1) is 5.92 Å². The minimum atomic E-state index is -1.05. The number of epoxide rings is 1. The minimum absolute atomic E-state index is 0.00926. The molecule has 0 aromatic carbocycles. The average Bonchev–Trinajstić information content (AvgIpc) is 3.20. The van der Waals surface area contributed by atoms with Crippen molar-refractivity contribution in [2.75, 3.05) is 19.0 Å². The Morgan fingerprint density at radius 2 is 2.00 bits per heavy atom. The van der Waals surface area contributed by atoms with Crippen LogP contribution in [-0.4, -0.2) is 32.3 Å². The summed E-state index contributed by atoms with van der Waals surface area (Å²) >= 11 is 0. The van der Waals surface area contributed by atoms with Crippen molar-refractivity contribution in [1.82, 2.24) is 0 Å². The van der Waals surface area contributed by atoms with E-state index in [1.807, 2.05) is 38.6 Å². The number of hydrogen-bond donors (Lipinski definition) is 0. The smallest absolute Gasteiger partial charge is 0.169 e. The van der Waals surface area contributed by atoms with Gasteiger partial charge in [0.2, 0.25) is 0 Å². The first kappa shape index (κ1) is 12.8. The predicted octanol–water partition coefficient (Wildman–Crippen LogP) is -0.520. The number of carbonyl (C=O) groups is 1. The van der Waals surface area contributed by atoms with Crippen molar-refractivity contribution < 1.29 is 19.6 Å². The van der Waals surface area contributed by atoms with E-state index < -0.39 is 12.1 Å². The lowest BCUT2D eigenvalue weighted by molar-refractivity contribution is -0.377. The van der Waals surface area contributed by atoms with Crippen LogP contribution in [0.15, 0.2) is 24.5 Å². The topological polar surface area (TPSA) is 70.0 Å². The van der Waals surface area contributed by atoms with E-state index in [0.717, 1.165) is 12.8 Å².